The van der Waals surface area contributed by atoms with Crippen LogP contribution in [0.3, 0.4) is 0 Å². The van der Waals surface area contributed by atoms with Crippen molar-refractivity contribution in [2.75, 3.05) is 25.2 Å². The number of carbonyl (C=O) groups excluding carboxylic acids is 2. The third kappa shape index (κ3) is 7.75. The third-order valence-electron chi connectivity index (χ3n) is 6.93. The maximum absolute atomic E-state index is 13.7. The Labute approximate surface area is 246 Å². The Kier molecular flexibility index (Phi) is 11.4. The fraction of sp³-hybridized carbons (Fsp3) is 0.500. The second-order valence-electron chi connectivity index (χ2n) is 9.69. The van der Waals surface area contributed by atoms with Gasteiger partial charge in [-0.25, -0.2) is 4.79 Å². The molecule has 2 aromatic rings. The number of nitrogens with zero attached hydrogens (tertiary/aromatic N) is 1. The highest BCUT2D eigenvalue weighted by Gasteiger charge is 2.56. The van der Waals surface area contributed by atoms with Crippen LogP contribution in [0.4, 0.5) is 50.0 Å². The van der Waals surface area contributed by atoms with E-state index in [1.54, 1.807) is 6.92 Å². The van der Waals surface area contributed by atoms with Crippen LogP contribution in [-0.4, -0.2) is 43.2 Å². The number of anilines is 1. The molecule has 2 aromatic carbocycles. The van der Waals surface area contributed by atoms with Crippen molar-refractivity contribution in [3.63, 3.8) is 0 Å². The lowest BCUT2D eigenvalue weighted by Gasteiger charge is -2.51. The van der Waals surface area contributed by atoms with E-state index >= 15 is 0 Å². The van der Waals surface area contributed by atoms with E-state index < -0.39 is 76.8 Å². The van der Waals surface area contributed by atoms with Gasteiger partial charge in [-0.15, -0.1) is 0 Å². The standard InChI is InChI=1S/C26H25F9N2O4.C2H6O/c1-4-23(36)20(21(38)40-3)18(10-13-8-15(25(30,31)32)11-16(9-13)26(33,34)35)17-12-14(24(27,28)29)6-7-19(17)37(23)22(39)41-5-2;1-2-3/h6-9,11-12,18,20H,4-5,10,36H2,1-3H3;3H,2H2,1H3/t18-,20?,23-;/m1./s1. The van der Waals surface area contributed by atoms with Gasteiger partial charge in [0.15, 0.2) is 0 Å². The Balaban J connectivity index is 0.00000216. The van der Waals surface area contributed by atoms with Crippen LogP contribution >= 0.6 is 0 Å². The van der Waals surface area contributed by atoms with Gasteiger partial charge in [0, 0.05) is 12.5 Å². The van der Waals surface area contributed by atoms with Crippen molar-refractivity contribution in [3.05, 3.63) is 64.2 Å². The molecule has 0 aliphatic carbocycles. The number of nitrogens with two attached hydrogens (primary N) is 1. The van der Waals surface area contributed by atoms with Gasteiger partial charge in [-0.1, -0.05) is 6.92 Å². The van der Waals surface area contributed by atoms with E-state index in [1.165, 1.54) is 13.8 Å². The van der Waals surface area contributed by atoms with Crippen LogP contribution in [0.15, 0.2) is 36.4 Å². The number of methoxy groups -OCH3 is 1. The lowest BCUT2D eigenvalue weighted by atomic mass is 9.69. The monoisotopic (exact) mass is 646 g/mol. The van der Waals surface area contributed by atoms with Gasteiger partial charge in [-0.3, -0.25) is 9.69 Å². The summed E-state index contributed by atoms with van der Waals surface area (Å²) in [4.78, 5) is 27.0. The lowest BCUT2D eigenvalue weighted by Crippen LogP contribution is -2.68. The molecule has 1 aliphatic heterocycles. The first-order valence-corrected chi connectivity index (χ1v) is 13.1. The van der Waals surface area contributed by atoms with E-state index in [2.05, 4.69) is 0 Å². The number of alkyl halides is 9. The Morgan fingerprint density at radius 2 is 1.39 bits per heavy atom. The Morgan fingerprint density at radius 3 is 1.80 bits per heavy atom. The van der Waals surface area contributed by atoms with Crippen LogP contribution in [0, 0.1) is 5.92 Å². The number of carbonyl (C=O) groups is 2. The molecule has 1 aliphatic rings. The number of aliphatic hydroxyl groups excluding tert-OH is 1. The minimum atomic E-state index is -5.20. The minimum absolute atomic E-state index is 0.0976. The average Bonchev–Trinajstić information content (AvgIpc) is 2.91. The van der Waals surface area contributed by atoms with Crippen LogP contribution in [-0.2, 0) is 39.2 Å². The van der Waals surface area contributed by atoms with Crippen molar-refractivity contribution < 1.29 is 63.7 Å². The zero-order valence-electron chi connectivity index (χ0n) is 24.0. The fourth-order valence-corrected chi connectivity index (χ4v) is 5.07. The first kappa shape index (κ1) is 36.7. The molecule has 0 spiro atoms. The number of amides is 1. The van der Waals surface area contributed by atoms with Gasteiger partial charge in [-0.2, -0.15) is 39.5 Å². The van der Waals surface area contributed by atoms with Crippen LogP contribution in [0.1, 0.15) is 60.9 Å². The number of fused-ring (bicyclic) bond motifs is 1. The molecule has 0 aromatic heterocycles. The molecule has 3 N–H and O–H groups in total. The normalized spacial score (nSPS) is 20.3. The van der Waals surface area contributed by atoms with Crippen molar-refractivity contribution >= 4 is 17.7 Å². The summed E-state index contributed by atoms with van der Waals surface area (Å²) in [5.41, 5.74) is -1.25. The predicted molar refractivity (Wildman–Crippen MR) is 139 cm³/mol. The van der Waals surface area contributed by atoms with Crippen LogP contribution in [0.5, 0.6) is 0 Å². The van der Waals surface area contributed by atoms with Crippen molar-refractivity contribution in [3.8, 4) is 0 Å². The highest BCUT2D eigenvalue weighted by molar-refractivity contribution is 5.94. The molecule has 3 rings (SSSR count). The molecular formula is C28H31F9N2O5. The van der Waals surface area contributed by atoms with Gasteiger partial charge in [-0.05, 0) is 74.2 Å². The molecule has 1 heterocycles. The second kappa shape index (κ2) is 13.6. The zero-order valence-corrected chi connectivity index (χ0v) is 24.0. The Hall–Kier alpha value is -3.53. The molecule has 0 radical (unpaired) electrons. The van der Waals surface area contributed by atoms with Gasteiger partial charge >= 0.3 is 30.6 Å². The van der Waals surface area contributed by atoms with Crippen molar-refractivity contribution in [1.82, 2.24) is 0 Å². The SMILES string of the molecule is CCO.CCOC(=O)N1c2ccc(C(F)(F)F)cc2[C@@H](Cc2cc(C(F)(F)F)cc(C(F)(F)F)c2)C(C(=O)OC)[C@@]1(N)CC. The number of benzene rings is 2. The Bertz CT molecular complexity index is 1300. The van der Waals surface area contributed by atoms with Gasteiger partial charge in [0.25, 0.3) is 0 Å². The van der Waals surface area contributed by atoms with E-state index in [1.807, 2.05) is 0 Å². The predicted octanol–water partition coefficient (Wildman–Crippen LogP) is 6.90. The van der Waals surface area contributed by atoms with Gasteiger partial charge in [0.1, 0.15) is 11.6 Å². The van der Waals surface area contributed by atoms with E-state index in [4.69, 9.17) is 20.3 Å². The number of hydrogen-bond donors (Lipinski definition) is 2. The van der Waals surface area contributed by atoms with Crippen molar-refractivity contribution in [2.24, 2.45) is 11.7 Å². The smallest absolute Gasteiger partial charge is 0.416 e. The number of hydrogen-bond acceptors (Lipinski definition) is 6. The van der Waals surface area contributed by atoms with Crippen LogP contribution < -0.4 is 10.6 Å². The zero-order chi connectivity index (χ0) is 33.8. The van der Waals surface area contributed by atoms with Gasteiger partial charge in [0.2, 0.25) is 0 Å². The number of rotatable bonds is 5. The summed E-state index contributed by atoms with van der Waals surface area (Å²) in [5, 5.41) is 7.57. The number of aliphatic hydroxyl groups is 1. The molecule has 0 saturated carbocycles. The molecule has 7 nitrogen and oxygen atoms in total. The van der Waals surface area contributed by atoms with E-state index in [0.717, 1.165) is 18.1 Å². The average molecular weight is 647 g/mol. The van der Waals surface area contributed by atoms with E-state index in [0.29, 0.717) is 24.3 Å². The molecule has 1 unspecified atom stereocenters. The molecule has 0 bridgehead atoms. The minimum Gasteiger partial charge on any atom is -0.469 e. The van der Waals surface area contributed by atoms with Gasteiger partial charge < -0.3 is 20.3 Å². The van der Waals surface area contributed by atoms with E-state index in [-0.39, 0.29) is 37.0 Å². The molecule has 0 fully saturated rings. The molecule has 1 amide bonds. The summed E-state index contributed by atoms with van der Waals surface area (Å²) in [7, 11) is 0.915. The van der Waals surface area contributed by atoms with E-state index in [9.17, 15) is 49.1 Å². The van der Waals surface area contributed by atoms with Gasteiger partial charge in [0.05, 0.1) is 36.1 Å². The summed E-state index contributed by atoms with van der Waals surface area (Å²) >= 11 is 0. The molecule has 16 heteroatoms. The number of ether oxygens (including phenoxy) is 2. The third-order valence-corrected chi connectivity index (χ3v) is 6.93. The first-order chi connectivity index (χ1) is 20.2. The quantitative estimate of drug-likeness (QED) is 0.271. The topological polar surface area (TPSA) is 102 Å². The maximum Gasteiger partial charge on any atom is 0.416 e. The fourth-order valence-electron chi connectivity index (χ4n) is 5.07. The molecular weight excluding hydrogens is 615 g/mol. The summed E-state index contributed by atoms with van der Waals surface area (Å²) in [6, 6.07) is 2.83. The molecule has 246 valence electrons. The Morgan fingerprint density at radius 1 is 0.886 bits per heavy atom. The molecule has 44 heavy (non-hydrogen) atoms. The van der Waals surface area contributed by atoms with Crippen LogP contribution in [0.25, 0.3) is 0 Å². The first-order valence-electron chi connectivity index (χ1n) is 13.1. The lowest BCUT2D eigenvalue weighted by molar-refractivity contribution is -0.150. The summed E-state index contributed by atoms with van der Waals surface area (Å²) in [6.45, 7) is 4.61. The molecule has 0 saturated heterocycles. The largest absolute Gasteiger partial charge is 0.469 e. The second-order valence-corrected chi connectivity index (χ2v) is 9.69. The van der Waals surface area contributed by atoms with Crippen molar-refractivity contribution in [1.29, 1.82) is 0 Å². The highest BCUT2D eigenvalue weighted by atomic mass is 19.4. The van der Waals surface area contributed by atoms with Crippen molar-refractivity contribution in [2.45, 2.75) is 63.7 Å². The number of esters is 1. The summed E-state index contributed by atoms with van der Waals surface area (Å²) < 4.78 is 132. The summed E-state index contributed by atoms with van der Waals surface area (Å²) in [5.74, 6) is -4.44. The summed E-state index contributed by atoms with van der Waals surface area (Å²) in [6.07, 6.45) is -17.5. The highest BCUT2D eigenvalue weighted by Crippen LogP contribution is 2.51. The number of halogens is 9. The van der Waals surface area contributed by atoms with Crippen LogP contribution in [0.2, 0.25) is 0 Å². The molecule has 3 atom stereocenters. The maximum atomic E-state index is 13.7.